The van der Waals surface area contributed by atoms with Gasteiger partial charge in [0, 0.05) is 40.0 Å². The maximum atomic E-state index is 13.5. The summed E-state index contributed by atoms with van der Waals surface area (Å²) in [6, 6.07) is 7.12. The number of rotatable bonds is 10. The number of thioether (sulfide) groups is 1. The first kappa shape index (κ1) is 28.1. The minimum Gasteiger partial charge on any atom is -0.507 e. The van der Waals surface area contributed by atoms with Crippen molar-refractivity contribution < 1.29 is 23.1 Å². The molecule has 0 fully saturated rings. The Bertz CT molecular complexity index is 1310. The number of hydrogen-bond acceptors (Lipinski definition) is 5. The van der Waals surface area contributed by atoms with Crippen LogP contribution in [0.4, 0.5) is 13.2 Å². The Hall–Kier alpha value is -2.49. The van der Waals surface area contributed by atoms with Crippen molar-refractivity contribution in [1.29, 1.82) is 0 Å². The minimum atomic E-state index is -4.61. The van der Waals surface area contributed by atoms with Crippen molar-refractivity contribution in [2.45, 2.75) is 37.8 Å². The number of carbonyl (C=O) groups is 1. The van der Waals surface area contributed by atoms with E-state index in [1.165, 1.54) is 24.3 Å². The highest BCUT2D eigenvalue weighted by atomic mass is 35.5. The van der Waals surface area contributed by atoms with Crippen LogP contribution in [0.25, 0.3) is 22.0 Å². The molecule has 0 aliphatic carbocycles. The van der Waals surface area contributed by atoms with Gasteiger partial charge in [-0.15, -0.1) is 11.8 Å². The van der Waals surface area contributed by atoms with E-state index in [2.05, 4.69) is 23.7 Å². The third-order valence-corrected chi connectivity index (χ3v) is 7.14. The van der Waals surface area contributed by atoms with Crippen LogP contribution in [0.2, 0.25) is 5.02 Å². The summed E-state index contributed by atoms with van der Waals surface area (Å²) in [5, 5.41) is 10.9. The molecule has 1 aromatic heterocycles. The van der Waals surface area contributed by atoms with Crippen LogP contribution in [0, 0.1) is 5.92 Å². The Morgan fingerprint density at radius 2 is 1.89 bits per heavy atom. The molecule has 0 spiro atoms. The van der Waals surface area contributed by atoms with Gasteiger partial charge < -0.3 is 15.0 Å². The van der Waals surface area contributed by atoms with Gasteiger partial charge in [0.2, 0.25) is 0 Å². The van der Waals surface area contributed by atoms with Crippen LogP contribution in [-0.2, 0) is 11.0 Å². The number of nitrogens with zero attached hydrogens (tertiary/aromatic N) is 1. The Morgan fingerprint density at radius 3 is 2.56 bits per heavy atom. The van der Waals surface area contributed by atoms with E-state index in [-0.39, 0.29) is 55.7 Å². The van der Waals surface area contributed by atoms with Gasteiger partial charge in [-0.3, -0.25) is 9.59 Å². The summed E-state index contributed by atoms with van der Waals surface area (Å²) < 4.78 is 40.4. The number of aromatic amines is 1. The Balaban J connectivity index is 1.99. The zero-order valence-electron chi connectivity index (χ0n) is 20.2. The monoisotopic (exact) mass is 540 g/mol. The number of pyridine rings is 1. The molecule has 0 aliphatic heterocycles. The maximum Gasteiger partial charge on any atom is 0.416 e. The van der Waals surface area contributed by atoms with Gasteiger partial charge >= 0.3 is 6.18 Å². The molecule has 2 N–H and O–H groups in total. The fraction of sp³-hybridized carbons (Fsp3) is 0.385. The van der Waals surface area contributed by atoms with Crippen molar-refractivity contribution in [3.63, 3.8) is 0 Å². The Labute approximate surface area is 216 Å². The quantitative estimate of drug-likeness (QED) is 0.283. The summed E-state index contributed by atoms with van der Waals surface area (Å²) in [6.45, 7) is 5.69. The third-order valence-electron chi connectivity index (χ3n) is 5.76. The molecule has 5 nitrogen and oxygen atoms in total. The number of nitrogens with one attached hydrogen (secondary N) is 1. The van der Waals surface area contributed by atoms with Gasteiger partial charge in [0.25, 0.3) is 5.56 Å². The molecule has 10 heteroatoms. The molecule has 2 aromatic carbocycles. The Kier molecular flexibility index (Phi) is 9.13. The molecule has 0 amide bonds. The van der Waals surface area contributed by atoms with Gasteiger partial charge in [0.15, 0.2) is 0 Å². The first-order chi connectivity index (χ1) is 16.9. The number of aromatic hydroxyl groups is 1. The van der Waals surface area contributed by atoms with E-state index in [0.29, 0.717) is 12.5 Å². The van der Waals surface area contributed by atoms with E-state index < -0.39 is 17.3 Å². The van der Waals surface area contributed by atoms with Crippen molar-refractivity contribution in [1.82, 2.24) is 9.88 Å². The molecule has 0 unspecified atom stereocenters. The number of Topliss-reactive ketones (excluding diaryl/α,β-unsaturated/α-hetero) is 1. The zero-order valence-corrected chi connectivity index (χ0v) is 21.8. The highest BCUT2D eigenvalue weighted by Gasteiger charge is 2.31. The number of alkyl halides is 3. The van der Waals surface area contributed by atoms with Crippen molar-refractivity contribution >= 4 is 40.0 Å². The number of hydrogen-bond donors (Lipinski definition) is 2. The zero-order chi connectivity index (χ0) is 26.6. The number of fused-ring (bicyclic) bond motifs is 1. The van der Waals surface area contributed by atoms with Crippen LogP contribution in [0.5, 0.6) is 5.75 Å². The summed E-state index contributed by atoms with van der Waals surface area (Å²) in [5.74, 6) is 0.169. The first-order valence-electron chi connectivity index (χ1n) is 11.5. The number of H-pyrrole nitrogens is 1. The Morgan fingerprint density at radius 1 is 1.17 bits per heavy atom. The second-order valence-corrected chi connectivity index (χ2v) is 10.6. The molecule has 0 radical (unpaired) electrons. The molecular weight excluding hydrogens is 513 g/mol. The normalized spacial score (nSPS) is 12.1. The average Bonchev–Trinajstić information content (AvgIpc) is 2.80. The molecule has 0 atom stereocenters. The van der Waals surface area contributed by atoms with Crippen molar-refractivity contribution in [3.8, 4) is 16.9 Å². The van der Waals surface area contributed by atoms with Gasteiger partial charge in [-0.1, -0.05) is 25.4 Å². The summed E-state index contributed by atoms with van der Waals surface area (Å²) in [4.78, 5) is 30.3. The number of benzene rings is 2. The molecule has 0 bridgehead atoms. The van der Waals surface area contributed by atoms with Crippen LogP contribution in [0.1, 0.15) is 32.3 Å². The lowest BCUT2D eigenvalue weighted by Gasteiger charge is -2.17. The minimum absolute atomic E-state index is 0.0418. The molecule has 3 aromatic rings. The van der Waals surface area contributed by atoms with E-state index in [4.69, 9.17) is 11.6 Å². The summed E-state index contributed by atoms with van der Waals surface area (Å²) in [7, 11) is 1.94. The fourth-order valence-corrected chi connectivity index (χ4v) is 4.86. The third kappa shape index (κ3) is 7.05. The molecule has 0 saturated carbocycles. The van der Waals surface area contributed by atoms with Crippen molar-refractivity contribution in [2.24, 2.45) is 5.92 Å². The number of halogens is 4. The van der Waals surface area contributed by atoms with E-state index >= 15 is 0 Å². The van der Waals surface area contributed by atoms with Gasteiger partial charge in [0.05, 0.1) is 16.2 Å². The second-order valence-electron chi connectivity index (χ2n) is 9.14. The molecule has 36 heavy (non-hydrogen) atoms. The van der Waals surface area contributed by atoms with Crippen LogP contribution < -0.4 is 5.56 Å². The number of ketones is 1. The molecule has 0 saturated heterocycles. The SMILES string of the molecule is CC(C)CCN(C)CCC(=O)CSc1c(-c2cc(Cl)ccc2O)c2cc(C(F)(F)F)ccc2[nH]c1=O. The number of carbonyl (C=O) groups excluding carboxylic acids is 1. The largest absolute Gasteiger partial charge is 0.507 e. The number of phenols is 1. The van der Waals surface area contributed by atoms with Crippen LogP contribution in [-0.4, -0.2) is 46.7 Å². The lowest BCUT2D eigenvalue weighted by Crippen LogP contribution is -2.24. The molecule has 194 valence electrons. The van der Waals surface area contributed by atoms with Crippen molar-refractivity contribution in [2.75, 3.05) is 25.9 Å². The van der Waals surface area contributed by atoms with E-state index in [9.17, 15) is 27.9 Å². The predicted molar refractivity (Wildman–Crippen MR) is 139 cm³/mol. The second kappa shape index (κ2) is 11.7. The molecule has 0 aliphatic rings. The lowest BCUT2D eigenvalue weighted by atomic mass is 9.98. The van der Waals surface area contributed by atoms with Gasteiger partial charge in [-0.2, -0.15) is 13.2 Å². The van der Waals surface area contributed by atoms with Gasteiger partial charge in [-0.05, 0) is 62.3 Å². The smallest absolute Gasteiger partial charge is 0.416 e. The first-order valence-corrected chi connectivity index (χ1v) is 12.8. The molecule has 1 heterocycles. The number of aromatic nitrogens is 1. The summed E-state index contributed by atoms with van der Waals surface area (Å²) >= 11 is 7.06. The fourth-order valence-electron chi connectivity index (χ4n) is 3.70. The number of phenolic OH excluding ortho intramolecular Hbond substituents is 1. The lowest BCUT2D eigenvalue weighted by molar-refractivity contribution is -0.137. The topological polar surface area (TPSA) is 73.4 Å². The van der Waals surface area contributed by atoms with Gasteiger partial charge in [-0.25, -0.2) is 0 Å². The average molecular weight is 541 g/mol. The summed E-state index contributed by atoms with van der Waals surface area (Å²) in [5.41, 5.74) is -1.08. The molecule has 3 rings (SSSR count). The van der Waals surface area contributed by atoms with Crippen LogP contribution in [0.3, 0.4) is 0 Å². The maximum absolute atomic E-state index is 13.5. The van der Waals surface area contributed by atoms with Gasteiger partial charge in [0.1, 0.15) is 11.5 Å². The van der Waals surface area contributed by atoms with E-state index in [1.807, 2.05) is 7.05 Å². The van der Waals surface area contributed by atoms with Crippen LogP contribution in [0.15, 0.2) is 46.1 Å². The van der Waals surface area contributed by atoms with E-state index in [0.717, 1.165) is 36.9 Å². The highest BCUT2D eigenvalue weighted by molar-refractivity contribution is 8.00. The van der Waals surface area contributed by atoms with Crippen LogP contribution >= 0.6 is 23.4 Å². The predicted octanol–water partition coefficient (Wildman–Crippen LogP) is 6.60. The molecular formula is C26H28ClF3N2O3S. The standard InChI is InChI=1S/C26H28ClF3N2O3S/c1-15(2)8-10-32(3)11-9-18(33)14-36-24-23(20-13-17(27)5-7-22(20)34)19-12-16(26(28,29)30)4-6-21(19)31-25(24)35/h4-7,12-13,15,34H,8-11,14H2,1-3H3,(H,31,35). The summed E-state index contributed by atoms with van der Waals surface area (Å²) in [6.07, 6.45) is -3.32. The van der Waals surface area contributed by atoms with Crippen molar-refractivity contribution in [3.05, 3.63) is 57.3 Å². The highest BCUT2D eigenvalue weighted by Crippen LogP contribution is 2.42. The van der Waals surface area contributed by atoms with E-state index in [1.54, 1.807) is 0 Å².